The summed E-state index contributed by atoms with van der Waals surface area (Å²) in [5.74, 6) is -0.927. The maximum atomic E-state index is 12.0. The van der Waals surface area contributed by atoms with Crippen LogP contribution in [-0.4, -0.2) is 44.3 Å². The molecule has 0 aliphatic heterocycles. The Labute approximate surface area is 204 Å². The minimum absolute atomic E-state index is 0.282. The quantitative estimate of drug-likeness (QED) is 0.205. The van der Waals surface area contributed by atoms with Gasteiger partial charge in [0.05, 0.1) is 24.4 Å². The number of esters is 1. The molecule has 0 bridgehead atoms. The van der Waals surface area contributed by atoms with E-state index in [-0.39, 0.29) is 6.61 Å². The van der Waals surface area contributed by atoms with Crippen LogP contribution >= 0.6 is 27.5 Å². The highest BCUT2D eigenvalue weighted by atomic mass is 79.9. The van der Waals surface area contributed by atoms with Crippen LogP contribution in [0.25, 0.3) is 0 Å². The molecule has 0 aliphatic carbocycles. The molecule has 0 heterocycles. The molecular weight excluding hydrogens is 518 g/mol. The Balaban J connectivity index is 1.97. The van der Waals surface area contributed by atoms with Crippen molar-refractivity contribution < 1.29 is 28.6 Å². The van der Waals surface area contributed by atoms with Crippen molar-refractivity contribution in [2.24, 2.45) is 5.10 Å². The predicted octanol–water partition coefficient (Wildman–Crippen LogP) is 3.84. The van der Waals surface area contributed by atoms with Gasteiger partial charge in [0.1, 0.15) is 6.42 Å². The van der Waals surface area contributed by atoms with Crippen molar-refractivity contribution in [2.75, 3.05) is 25.6 Å². The number of rotatable bonds is 10. The molecule has 2 N–H and O–H groups in total. The van der Waals surface area contributed by atoms with E-state index in [0.717, 1.165) is 5.56 Å². The smallest absolute Gasteiger partial charge is 0.343 e. The normalized spacial score (nSPS) is 10.6. The lowest BCUT2D eigenvalue weighted by Crippen LogP contribution is -2.24. The SMILES string of the molecule is CCOc1cc(C=NNC(=O)CC(=O)Nc2ccc(C)c(Cl)c2)cc(Br)c1OCC(=O)OC. The molecule has 0 atom stereocenters. The fourth-order valence-electron chi connectivity index (χ4n) is 2.50. The van der Waals surface area contributed by atoms with E-state index in [1.54, 1.807) is 37.3 Å². The van der Waals surface area contributed by atoms with Crippen molar-refractivity contribution in [1.82, 2.24) is 5.43 Å². The van der Waals surface area contributed by atoms with Crippen molar-refractivity contribution in [2.45, 2.75) is 20.3 Å². The lowest BCUT2D eigenvalue weighted by molar-refractivity contribution is -0.143. The molecular formula is C22H23BrClN3O6. The van der Waals surface area contributed by atoms with Crippen molar-refractivity contribution in [3.63, 3.8) is 0 Å². The number of benzene rings is 2. The Hall–Kier alpha value is -3.11. The first kappa shape index (κ1) is 26.1. The van der Waals surface area contributed by atoms with Gasteiger partial charge in [-0.15, -0.1) is 0 Å². The van der Waals surface area contributed by atoms with Crippen LogP contribution in [0.4, 0.5) is 5.69 Å². The van der Waals surface area contributed by atoms with Crippen molar-refractivity contribution in [3.05, 3.63) is 51.0 Å². The van der Waals surface area contributed by atoms with Gasteiger partial charge in [-0.05, 0) is 65.2 Å². The zero-order valence-corrected chi connectivity index (χ0v) is 20.6. The van der Waals surface area contributed by atoms with Gasteiger partial charge in [-0.1, -0.05) is 17.7 Å². The van der Waals surface area contributed by atoms with Crippen LogP contribution < -0.4 is 20.2 Å². The topological polar surface area (TPSA) is 115 Å². The van der Waals surface area contributed by atoms with Crippen LogP contribution in [0.15, 0.2) is 39.9 Å². The van der Waals surface area contributed by atoms with Crippen LogP contribution in [0.3, 0.4) is 0 Å². The predicted molar refractivity (Wildman–Crippen MR) is 128 cm³/mol. The molecule has 0 aliphatic rings. The molecule has 2 rings (SSSR count). The van der Waals surface area contributed by atoms with Crippen LogP contribution in [-0.2, 0) is 19.1 Å². The van der Waals surface area contributed by atoms with Crippen molar-refractivity contribution in [1.29, 1.82) is 0 Å². The summed E-state index contributed by atoms with van der Waals surface area (Å²) in [6.07, 6.45) is 0.962. The molecule has 2 aromatic rings. The van der Waals surface area contributed by atoms with Crippen LogP contribution in [0.1, 0.15) is 24.5 Å². The van der Waals surface area contributed by atoms with E-state index < -0.39 is 24.2 Å². The maximum absolute atomic E-state index is 12.0. The molecule has 0 aromatic heterocycles. The molecule has 11 heteroatoms. The summed E-state index contributed by atoms with van der Waals surface area (Å²) in [4.78, 5) is 35.4. The fourth-order valence-corrected chi connectivity index (χ4v) is 3.25. The summed E-state index contributed by atoms with van der Waals surface area (Å²) in [7, 11) is 1.26. The minimum Gasteiger partial charge on any atom is -0.490 e. The summed E-state index contributed by atoms with van der Waals surface area (Å²) in [6, 6.07) is 8.37. The molecule has 0 spiro atoms. The van der Waals surface area contributed by atoms with Gasteiger partial charge in [0.15, 0.2) is 18.1 Å². The number of halogens is 2. The van der Waals surface area contributed by atoms with Gasteiger partial charge in [0.2, 0.25) is 11.8 Å². The second-order valence-electron chi connectivity index (χ2n) is 6.61. The number of amides is 2. The number of hydrogen-bond acceptors (Lipinski definition) is 7. The Morgan fingerprint density at radius 1 is 1.15 bits per heavy atom. The Morgan fingerprint density at radius 3 is 2.58 bits per heavy atom. The zero-order valence-electron chi connectivity index (χ0n) is 18.2. The van der Waals surface area contributed by atoms with E-state index in [1.807, 2.05) is 6.92 Å². The third-order valence-corrected chi connectivity index (χ3v) is 5.07. The summed E-state index contributed by atoms with van der Waals surface area (Å²) < 4.78 is 16.1. The molecule has 2 aromatic carbocycles. The summed E-state index contributed by atoms with van der Waals surface area (Å²) >= 11 is 9.40. The Morgan fingerprint density at radius 2 is 1.91 bits per heavy atom. The highest BCUT2D eigenvalue weighted by Gasteiger charge is 2.14. The molecule has 0 saturated carbocycles. The molecule has 0 radical (unpaired) electrons. The molecule has 9 nitrogen and oxygen atoms in total. The van der Waals surface area contributed by atoms with Gasteiger partial charge in [-0.3, -0.25) is 9.59 Å². The first-order valence-corrected chi connectivity index (χ1v) is 10.9. The lowest BCUT2D eigenvalue weighted by Gasteiger charge is -2.13. The van der Waals surface area contributed by atoms with E-state index in [4.69, 9.17) is 21.1 Å². The average Bonchev–Trinajstić information content (AvgIpc) is 2.75. The van der Waals surface area contributed by atoms with Gasteiger partial charge < -0.3 is 19.5 Å². The van der Waals surface area contributed by atoms with Crippen molar-refractivity contribution in [3.8, 4) is 11.5 Å². The van der Waals surface area contributed by atoms with E-state index in [9.17, 15) is 14.4 Å². The highest BCUT2D eigenvalue weighted by molar-refractivity contribution is 9.10. The molecule has 33 heavy (non-hydrogen) atoms. The first-order chi connectivity index (χ1) is 15.7. The van der Waals surface area contributed by atoms with E-state index in [2.05, 4.69) is 36.5 Å². The van der Waals surface area contributed by atoms with Gasteiger partial charge in [0.25, 0.3) is 0 Å². The Kier molecular flexibility index (Phi) is 10.1. The molecule has 0 fully saturated rings. The number of aryl methyl sites for hydroxylation is 1. The number of nitrogens with one attached hydrogen (secondary N) is 2. The summed E-state index contributed by atoms with van der Waals surface area (Å²) in [6.45, 7) is 3.72. The third-order valence-electron chi connectivity index (χ3n) is 4.07. The summed E-state index contributed by atoms with van der Waals surface area (Å²) in [5.41, 5.74) is 4.25. The molecule has 0 saturated heterocycles. The number of nitrogens with zero attached hydrogens (tertiary/aromatic N) is 1. The van der Waals surface area contributed by atoms with Gasteiger partial charge in [-0.2, -0.15) is 5.10 Å². The Bertz CT molecular complexity index is 1060. The second-order valence-corrected chi connectivity index (χ2v) is 7.87. The fraction of sp³-hybridized carbons (Fsp3) is 0.273. The molecule has 2 amide bonds. The van der Waals surface area contributed by atoms with Gasteiger partial charge in [0, 0.05) is 10.7 Å². The van der Waals surface area contributed by atoms with Gasteiger partial charge in [-0.25, -0.2) is 10.2 Å². The standard InChI is InChI=1S/C22H23BrClN3O6/c1-4-32-18-8-14(7-16(23)22(18)33-12-21(30)31-3)11-25-27-20(29)10-19(28)26-15-6-5-13(2)17(24)9-15/h5-9,11H,4,10,12H2,1-3H3,(H,26,28)(H,27,29). The largest absolute Gasteiger partial charge is 0.490 e. The van der Waals surface area contributed by atoms with Crippen LogP contribution in [0.5, 0.6) is 11.5 Å². The monoisotopic (exact) mass is 539 g/mol. The number of carbonyl (C=O) groups excluding carboxylic acids is 3. The molecule has 0 unspecified atom stereocenters. The number of hydrogen-bond donors (Lipinski definition) is 2. The third kappa shape index (κ3) is 8.39. The second kappa shape index (κ2) is 12.8. The number of ether oxygens (including phenoxy) is 3. The average molecular weight is 541 g/mol. The minimum atomic E-state index is -0.593. The van der Waals surface area contributed by atoms with E-state index >= 15 is 0 Å². The maximum Gasteiger partial charge on any atom is 0.343 e. The lowest BCUT2D eigenvalue weighted by atomic mass is 10.2. The number of methoxy groups -OCH3 is 1. The zero-order chi connectivity index (χ0) is 24.4. The number of anilines is 1. The van der Waals surface area contributed by atoms with Crippen LogP contribution in [0.2, 0.25) is 5.02 Å². The number of hydrazone groups is 1. The van der Waals surface area contributed by atoms with Gasteiger partial charge >= 0.3 is 5.97 Å². The van der Waals surface area contributed by atoms with E-state index in [1.165, 1.54) is 13.3 Å². The van der Waals surface area contributed by atoms with E-state index in [0.29, 0.717) is 38.9 Å². The summed E-state index contributed by atoms with van der Waals surface area (Å²) in [5, 5.41) is 6.99. The first-order valence-electron chi connectivity index (χ1n) is 9.77. The number of carbonyl (C=O) groups is 3. The highest BCUT2D eigenvalue weighted by Crippen LogP contribution is 2.36. The van der Waals surface area contributed by atoms with Crippen LogP contribution in [0, 0.1) is 6.92 Å². The van der Waals surface area contributed by atoms with Crippen molar-refractivity contribution >= 4 is 57.2 Å². The molecule has 176 valence electrons.